The first kappa shape index (κ1) is 14.6. The zero-order valence-electron chi connectivity index (χ0n) is 10.3. The molecule has 6 heteroatoms. The predicted molar refractivity (Wildman–Crippen MR) is 61.7 cm³/mol. The molecule has 3 nitrogen and oxygen atoms in total. The standard InChI is InChI=1S/C12H16F3NO2/c1-16(7-6-12(13,14)15)8-9-4-3-5-10(18-2)11(9)17/h3-5,17H,6-8H2,1-2H3. The fourth-order valence-corrected chi connectivity index (χ4v) is 1.55. The van der Waals surface area contributed by atoms with Crippen molar-refractivity contribution >= 4 is 0 Å². The Morgan fingerprint density at radius 3 is 2.56 bits per heavy atom. The van der Waals surface area contributed by atoms with Gasteiger partial charge in [-0.3, -0.25) is 0 Å². The fourth-order valence-electron chi connectivity index (χ4n) is 1.55. The van der Waals surface area contributed by atoms with Crippen molar-refractivity contribution in [2.45, 2.75) is 19.1 Å². The van der Waals surface area contributed by atoms with Crippen molar-refractivity contribution < 1.29 is 23.0 Å². The van der Waals surface area contributed by atoms with Gasteiger partial charge in [-0.25, -0.2) is 0 Å². The summed E-state index contributed by atoms with van der Waals surface area (Å²) in [5.41, 5.74) is 0.541. The van der Waals surface area contributed by atoms with E-state index in [9.17, 15) is 18.3 Å². The SMILES string of the molecule is COc1cccc(CN(C)CCC(F)(F)F)c1O. The first-order valence-electron chi connectivity index (χ1n) is 5.43. The van der Waals surface area contributed by atoms with Crippen LogP contribution in [0.1, 0.15) is 12.0 Å². The van der Waals surface area contributed by atoms with Gasteiger partial charge in [0.15, 0.2) is 11.5 Å². The average molecular weight is 263 g/mol. The number of benzene rings is 1. The molecule has 0 amide bonds. The number of halogens is 3. The van der Waals surface area contributed by atoms with Gasteiger partial charge in [0, 0.05) is 18.7 Å². The largest absolute Gasteiger partial charge is 0.504 e. The van der Waals surface area contributed by atoms with E-state index in [-0.39, 0.29) is 18.8 Å². The first-order valence-corrected chi connectivity index (χ1v) is 5.43. The van der Waals surface area contributed by atoms with Crippen LogP contribution in [-0.2, 0) is 6.54 Å². The minimum Gasteiger partial charge on any atom is -0.504 e. The quantitative estimate of drug-likeness (QED) is 0.886. The Bertz CT molecular complexity index is 393. The van der Waals surface area contributed by atoms with Crippen molar-refractivity contribution in [3.8, 4) is 11.5 Å². The van der Waals surface area contributed by atoms with Gasteiger partial charge in [0.2, 0.25) is 0 Å². The summed E-state index contributed by atoms with van der Waals surface area (Å²) in [7, 11) is 3.00. The molecule has 0 spiro atoms. The molecule has 0 aliphatic carbocycles. The maximum atomic E-state index is 12.1. The smallest absolute Gasteiger partial charge is 0.390 e. The van der Waals surface area contributed by atoms with E-state index in [0.29, 0.717) is 11.3 Å². The number of nitrogens with zero attached hydrogens (tertiary/aromatic N) is 1. The normalized spacial score (nSPS) is 11.9. The van der Waals surface area contributed by atoms with E-state index in [1.54, 1.807) is 25.2 Å². The number of rotatable bonds is 5. The lowest BCUT2D eigenvalue weighted by Gasteiger charge is -2.18. The van der Waals surface area contributed by atoms with Crippen LogP contribution in [0.4, 0.5) is 13.2 Å². The average Bonchev–Trinajstić information content (AvgIpc) is 2.28. The molecule has 0 bridgehead atoms. The van der Waals surface area contributed by atoms with Gasteiger partial charge in [-0.15, -0.1) is 0 Å². The molecule has 1 N–H and O–H groups in total. The molecule has 1 aromatic rings. The van der Waals surface area contributed by atoms with Crippen LogP contribution >= 0.6 is 0 Å². The number of hydrogen-bond donors (Lipinski definition) is 1. The van der Waals surface area contributed by atoms with Crippen molar-refractivity contribution in [1.82, 2.24) is 4.90 Å². The maximum Gasteiger partial charge on any atom is 0.390 e. The summed E-state index contributed by atoms with van der Waals surface area (Å²) < 4.78 is 41.1. The molecule has 0 unspecified atom stereocenters. The number of ether oxygens (including phenoxy) is 1. The second-order valence-corrected chi connectivity index (χ2v) is 4.07. The van der Waals surface area contributed by atoms with Gasteiger partial charge >= 0.3 is 6.18 Å². The van der Waals surface area contributed by atoms with Crippen LogP contribution in [0.5, 0.6) is 11.5 Å². The number of methoxy groups -OCH3 is 1. The summed E-state index contributed by atoms with van der Waals surface area (Å²) >= 11 is 0. The van der Waals surface area contributed by atoms with E-state index in [2.05, 4.69) is 0 Å². The van der Waals surface area contributed by atoms with Gasteiger partial charge in [-0.1, -0.05) is 12.1 Å². The Hall–Kier alpha value is -1.43. The van der Waals surface area contributed by atoms with E-state index < -0.39 is 12.6 Å². The van der Waals surface area contributed by atoms with Crippen LogP contribution in [0.3, 0.4) is 0 Å². The van der Waals surface area contributed by atoms with Gasteiger partial charge in [0.1, 0.15) is 0 Å². The highest BCUT2D eigenvalue weighted by molar-refractivity contribution is 5.45. The van der Waals surface area contributed by atoms with Gasteiger partial charge < -0.3 is 14.7 Å². The summed E-state index contributed by atoms with van der Waals surface area (Å²) in [5, 5.41) is 9.79. The van der Waals surface area contributed by atoms with Gasteiger partial charge in [-0.2, -0.15) is 13.2 Å². The van der Waals surface area contributed by atoms with Gasteiger partial charge in [0.25, 0.3) is 0 Å². The molecule has 0 aliphatic heterocycles. The number of para-hydroxylation sites is 1. The Kier molecular flexibility index (Phi) is 4.84. The second kappa shape index (κ2) is 5.95. The Morgan fingerprint density at radius 1 is 1.33 bits per heavy atom. The number of phenols is 1. The molecular weight excluding hydrogens is 247 g/mol. The van der Waals surface area contributed by atoms with Crippen molar-refractivity contribution in [3.63, 3.8) is 0 Å². The highest BCUT2D eigenvalue weighted by Crippen LogP contribution is 2.30. The second-order valence-electron chi connectivity index (χ2n) is 4.07. The van der Waals surface area contributed by atoms with E-state index in [0.717, 1.165) is 0 Å². The van der Waals surface area contributed by atoms with E-state index in [1.165, 1.54) is 12.0 Å². The number of hydrogen-bond acceptors (Lipinski definition) is 3. The molecule has 0 radical (unpaired) electrons. The zero-order valence-corrected chi connectivity index (χ0v) is 10.3. The third-order valence-corrected chi connectivity index (χ3v) is 2.52. The van der Waals surface area contributed by atoms with Crippen LogP contribution in [0.15, 0.2) is 18.2 Å². The number of alkyl halides is 3. The zero-order chi connectivity index (χ0) is 13.8. The minimum absolute atomic E-state index is 0.0288. The van der Waals surface area contributed by atoms with Crippen LogP contribution < -0.4 is 4.74 Å². The number of phenolic OH excluding ortho intramolecular Hbond substituents is 1. The van der Waals surface area contributed by atoms with E-state index in [1.807, 2.05) is 0 Å². The van der Waals surface area contributed by atoms with Crippen molar-refractivity contribution in [1.29, 1.82) is 0 Å². The topological polar surface area (TPSA) is 32.7 Å². The summed E-state index contributed by atoms with van der Waals surface area (Å²) in [4.78, 5) is 1.50. The highest BCUT2D eigenvalue weighted by atomic mass is 19.4. The Morgan fingerprint density at radius 2 is 2.00 bits per heavy atom. The Balaban J connectivity index is 2.62. The Labute approximate surface area is 104 Å². The van der Waals surface area contributed by atoms with Crippen LogP contribution in [0, 0.1) is 0 Å². The maximum absolute atomic E-state index is 12.1. The molecule has 0 atom stereocenters. The van der Waals surface area contributed by atoms with Crippen molar-refractivity contribution in [2.24, 2.45) is 0 Å². The van der Waals surface area contributed by atoms with Crippen molar-refractivity contribution in [3.05, 3.63) is 23.8 Å². The molecule has 102 valence electrons. The van der Waals surface area contributed by atoms with Crippen LogP contribution in [-0.4, -0.2) is 36.9 Å². The minimum atomic E-state index is -4.16. The molecule has 1 aromatic carbocycles. The molecule has 0 saturated carbocycles. The molecule has 0 aromatic heterocycles. The highest BCUT2D eigenvalue weighted by Gasteiger charge is 2.27. The van der Waals surface area contributed by atoms with Gasteiger partial charge in [0.05, 0.1) is 13.5 Å². The fraction of sp³-hybridized carbons (Fsp3) is 0.500. The summed E-state index contributed by atoms with van der Waals surface area (Å²) in [6, 6.07) is 4.93. The van der Waals surface area contributed by atoms with Gasteiger partial charge in [-0.05, 0) is 13.1 Å². The van der Waals surface area contributed by atoms with E-state index >= 15 is 0 Å². The molecule has 1 rings (SSSR count). The van der Waals surface area contributed by atoms with Crippen LogP contribution in [0.25, 0.3) is 0 Å². The molecular formula is C12H16F3NO2. The first-order chi connectivity index (χ1) is 8.33. The van der Waals surface area contributed by atoms with Crippen LogP contribution in [0.2, 0.25) is 0 Å². The summed E-state index contributed by atoms with van der Waals surface area (Å²) in [6.45, 7) is 0.124. The number of aromatic hydroxyl groups is 1. The lowest BCUT2D eigenvalue weighted by Crippen LogP contribution is -2.24. The lowest BCUT2D eigenvalue weighted by atomic mass is 10.1. The molecule has 18 heavy (non-hydrogen) atoms. The monoisotopic (exact) mass is 263 g/mol. The molecule has 0 fully saturated rings. The van der Waals surface area contributed by atoms with E-state index in [4.69, 9.17) is 4.74 Å². The molecule has 0 saturated heterocycles. The molecule has 0 heterocycles. The lowest BCUT2D eigenvalue weighted by molar-refractivity contribution is -0.137. The third kappa shape index (κ3) is 4.44. The summed E-state index contributed by atoms with van der Waals surface area (Å²) in [6.07, 6.45) is -5.03. The predicted octanol–water partition coefficient (Wildman–Crippen LogP) is 2.79. The van der Waals surface area contributed by atoms with Crippen molar-refractivity contribution in [2.75, 3.05) is 20.7 Å². The summed E-state index contributed by atoms with van der Waals surface area (Å²) in [5.74, 6) is 0.288. The third-order valence-electron chi connectivity index (χ3n) is 2.52. The molecule has 0 aliphatic rings.